The number of carbonyl (C=O) groups is 1. The molecule has 3 aliphatic heterocycles. The van der Waals surface area contributed by atoms with Crippen LogP contribution in [0.2, 0.25) is 0 Å². The van der Waals surface area contributed by atoms with E-state index in [1.54, 1.807) is 20.2 Å². The Morgan fingerprint density at radius 2 is 2.17 bits per heavy atom. The average Bonchev–Trinajstić information content (AvgIpc) is 2.71. The van der Waals surface area contributed by atoms with Gasteiger partial charge in [0.1, 0.15) is 17.5 Å². The van der Waals surface area contributed by atoms with E-state index in [2.05, 4.69) is 9.88 Å². The van der Waals surface area contributed by atoms with Crippen LogP contribution >= 0.6 is 0 Å². The van der Waals surface area contributed by atoms with Crippen molar-refractivity contribution < 1.29 is 24.5 Å². The van der Waals surface area contributed by atoms with Gasteiger partial charge < -0.3 is 19.7 Å². The molecule has 3 aliphatic rings. The van der Waals surface area contributed by atoms with Crippen LogP contribution in [0.25, 0.3) is 10.9 Å². The van der Waals surface area contributed by atoms with Gasteiger partial charge in [-0.05, 0) is 56.5 Å². The number of nitrogens with zero attached hydrogens (tertiary/aromatic N) is 2. The highest BCUT2D eigenvalue weighted by Gasteiger charge is 2.54. The maximum atomic E-state index is 12.0. The molecule has 0 saturated carbocycles. The third-order valence-electron chi connectivity index (χ3n) is 6.58. The fourth-order valence-corrected chi connectivity index (χ4v) is 4.99. The first-order chi connectivity index (χ1) is 13.8. The maximum absolute atomic E-state index is 12.0. The molecule has 0 aliphatic carbocycles. The van der Waals surface area contributed by atoms with E-state index in [-0.39, 0.29) is 17.9 Å². The fraction of sp³-hybridized carbons (Fsp3) is 0.545. The topological polar surface area (TPSA) is 92.1 Å². The molecule has 156 valence electrons. The number of aliphatic hydroxyl groups is 2. The van der Waals surface area contributed by atoms with Crippen molar-refractivity contribution in [2.75, 3.05) is 20.2 Å². The van der Waals surface area contributed by atoms with Gasteiger partial charge in [-0.2, -0.15) is 0 Å². The molecule has 29 heavy (non-hydrogen) atoms. The van der Waals surface area contributed by atoms with Crippen LogP contribution in [0.3, 0.4) is 0 Å². The number of rotatable bonds is 5. The van der Waals surface area contributed by atoms with Crippen molar-refractivity contribution in [3.63, 3.8) is 0 Å². The van der Waals surface area contributed by atoms with E-state index in [4.69, 9.17) is 9.47 Å². The van der Waals surface area contributed by atoms with Crippen molar-refractivity contribution in [3.05, 3.63) is 36.0 Å². The predicted molar refractivity (Wildman–Crippen MR) is 108 cm³/mol. The van der Waals surface area contributed by atoms with Gasteiger partial charge in [-0.3, -0.25) is 14.7 Å². The summed E-state index contributed by atoms with van der Waals surface area (Å²) in [6.07, 6.45) is 1.88. The van der Waals surface area contributed by atoms with Gasteiger partial charge in [-0.1, -0.05) is 0 Å². The first-order valence-electron chi connectivity index (χ1n) is 10.1. The summed E-state index contributed by atoms with van der Waals surface area (Å²) in [5.74, 6) is 0.316. The number of fused-ring (bicyclic) bond motifs is 4. The van der Waals surface area contributed by atoms with E-state index in [0.717, 1.165) is 29.4 Å². The maximum Gasteiger partial charge on any atom is 0.303 e. The molecule has 0 amide bonds. The highest BCUT2D eigenvalue weighted by molar-refractivity contribution is 5.84. The van der Waals surface area contributed by atoms with Crippen molar-refractivity contribution in [2.45, 2.75) is 50.5 Å². The fourth-order valence-electron chi connectivity index (χ4n) is 4.99. The number of aromatic nitrogens is 1. The second kappa shape index (κ2) is 7.55. The number of aliphatic hydroxyl groups excluding tert-OH is 1. The van der Waals surface area contributed by atoms with Crippen LogP contribution in [-0.2, 0) is 9.53 Å². The molecule has 1 aromatic carbocycles. The molecule has 7 heteroatoms. The van der Waals surface area contributed by atoms with Gasteiger partial charge in [-0.15, -0.1) is 0 Å². The lowest BCUT2D eigenvalue weighted by molar-refractivity contribution is -0.199. The number of pyridine rings is 1. The van der Waals surface area contributed by atoms with E-state index in [0.29, 0.717) is 18.7 Å². The Labute approximate surface area is 170 Å². The summed E-state index contributed by atoms with van der Waals surface area (Å²) >= 11 is 0. The molecule has 1 unspecified atom stereocenters. The lowest BCUT2D eigenvalue weighted by atomic mass is 9.68. The smallest absolute Gasteiger partial charge is 0.303 e. The highest BCUT2D eigenvalue weighted by Crippen LogP contribution is 2.46. The van der Waals surface area contributed by atoms with Gasteiger partial charge in [0.05, 0.1) is 24.8 Å². The standard InChI is InChI=1S/C22H28N2O5/c1-13(25)22(27)12-24-9-7-15(22)10-20(24)21(29-14(2)26)17-6-8-23-19-5-4-16(28-3)11-18(17)19/h4-6,8,11,13,15,20-21,25,27H,7,9-10,12H2,1-3H3/t13-,15+,20+,21-,22+/m1/s1. The van der Waals surface area contributed by atoms with Crippen LogP contribution < -0.4 is 4.74 Å². The molecule has 3 fully saturated rings. The molecule has 1 aromatic heterocycles. The number of benzene rings is 1. The average molecular weight is 400 g/mol. The number of hydrogen-bond donors (Lipinski definition) is 2. The molecular weight excluding hydrogens is 372 g/mol. The van der Waals surface area contributed by atoms with E-state index >= 15 is 0 Å². The van der Waals surface area contributed by atoms with Crippen LogP contribution in [0.15, 0.2) is 30.5 Å². The molecule has 0 radical (unpaired) electrons. The molecule has 6 atom stereocenters. The number of methoxy groups -OCH3 is 1. The monoisotopic (exact) mass is 400 g/mol. The molecule has 2 N–H and O–H groups in total. The summed E-state index contributed by atoms with van der Waals surface area (Å²) in [6.45, 7) is 4.22. The first kappa shape index (κ1) is 20.1. The van der Waals surface area contributed by atoms with Gasteiger partial charge in [-0.25, -0.2) is 0 Å². The lowest BCUT2D eigenvalue weighted by Crippen LogP contribution is -2.67. The Hall–Kier alpha value is -2.22. The molecule has 7 nitrogen and oxygen atoms in total. The van der Waals surface area contributed by atoms with Crippen LogP contribution in [0, 0.1) is 5.92 Å². The normalized spacial score (nSPS) is 30.7. The van der Waals surface area contributed by atoms with E-state index in [1.807, 2.05) is 24.3 Å². The molecule has 2 aromatic rings. The summed E-state index contributed by atoms with van der Waals surface area (Å²) in [5, 5.41) is 22.0. The van der Waals surface area contributed by atoms with Crippen molar-refractivity contribution >= 4 is 16.9 Å². The predicted octanol–water partition coefficient (Wildman–Crippen LogP) is 2.05. The van der Waals surface area contributed by atoms with Crippen molar-refractivity contribution in [2.24, 2.45) is 5.92 Å². The molecular formula is C22H28N2O5. The number of carbonyl (C=O) groups excluding carboxylic acids is 1. The summed E-state index contributed by atoms with van der Waals surface area (Å²) in [6, 6.07) is 7.47. The summed E-state index contributed by atoms with van der Waals surface area (Å²) < 4.78 is 11.2. The number of hydrogen-bond acceptors (Lipinski definition) is 7. The zero-order valence-corrected chi connectivity index (χ0v) is 17.0. The Morgan fingerprint density at radius 3 is 2.79 bits per heavy atom. The van der Waals surface area contributed by atoms with E-state index < -0.39 is 17.8 Å². The zero-order valence-electron chi connectivity index (χ0n) is 17.0. The Morgan fingerprint density at radius 1 is 1.38 bits per heavy atom. The summed E-state index contributed by atoms with van der Waals surface area (Å²) in [4.78, 5) is 18.6. The lowest BCUT2D eigenvalue weighted by Gasteiger charge is -2.56. The first-order valence-corrected chi connectivity index (χ1v) is 10.1. The van der Waals surface area contributed by atoms with Gasteiger partial charge in [0.15, 0.2) is 0 Å². The second-order valence-electron chi connectivity index (χ2n) is 8.24. The Bertz CT molecular complexity index is 917. The quantitative estimate of drug-likeness (QED) is 0.742. The number of esters is 1. The Balaban J connectivity index is 1.76. The van der Waals surface area contributed by atoms with E-state index in [1.165, 1.54) is 6.92 Å². The third kappa shape index (κ3) is 3.47. The molecule has 4 heterocycles. The third-order valence-corrected chi connectivity index (χ3v) is 6.58. The van der Waals surface area contributed by atoms with Gasteiger partial charge in [0.25, 0.3) is 0 Å². The minimum Gasteiger partial charge on any atom is -0.497 e. The van der Waals surface area contributed by atoms with Crippen molar-refractivity contribution in [3.8, 4) is 5.75 Å². The van der Waals surface area contributed by atoms with Crippen LogP contribution in [0.5, 0.6) is 5.75 Å². The van der Waals surface area contributed by atoms with Crippen LogP contribution in [-0.4, -0.2) is 64.0 Å². The van der Waals surface area contributed by atoms with E-state index in [9.17, 15) is 15.0 Å². The molecule has 3 saturated heterocycles. The largest absolute Gasteiger partial charge is 0.497 e. The van der Waals surface area contributed by atoms with Crippen LogP contribution in [0.4, 0.5) is 0 Å². The summed E-state index contributed by atoms with van der Waals surface area (Å²) in [5.41, 5.74) is 0.554. The number of piperidine rings is 3. The van der Waals surface area contributed by atoms with Gasteiger partial charge >= 0.3 is 5.97 Å². The molecule has 2 bridgehead atoms. The van der Waals surface area contributed by atoms with Crippen LogP contribution in [0.1, 0.15) is 38.4 Å². The van der Waals surface area contributed by atoms with Crippen molar-refractivity contribution in [1.82, 2.24) is 9.88 Å². The molecule has 0 spiro atoms. The second-order valence-corrected chi connectivity index (χ2v) is 8.24. The minimum absolute atomic E-state index is 0.0433. The highest BCUT2D eigenvalue weighted by atomic mass is 16.5. The summed E-state index contributed by atoms with van der Waals surface area (Å²) in [7, 11) is 1.61. The zero-order chi connectivity index (χ0) is 20.8. The SMILES string of the molecule is COc1ccc2nccc([C@@H](OC(C)=O)[C@@H]3C[C@@H]4CCN3C[C@]4(O)[C@@H](C)O)c2c1. The number of ether oxygens (including phenoxy) is 2. The molecule has 5 rings (SSSR count). The van der Waals surface area contributed by atoms with Gasteiger partial charge in [0, 0.05) is 30.6 Å². The minimum atomic E-state index is -1.13. The van der Waals surface area contributed by atoms with Crippen molar-refractivity contribution in [1.29, 1.82) is 0 Å². The van der Waals surface area contributed by atoms with Gasteiger partial charge in [0.2, 0.25) is 0 Å². The Kier molecular flexibility index (Phi) is 5.23.